The number of fused-ring (bicyclic) bond motifs is 1. The molecule has 3 rings (SSSR count). The molecule has 2 heterocycles. The van der Waals surface area contributed by atoms with E-state index in [9.17, 15) is 4.79 Å². The lowest BCUT2D eigenvalue weighted by Gasteiger charge is -2.05. The summed E-state index contributed by atoms with van der Waals surface area (Å²) in [6.07, 6.45) is 10.1. The number of amides is 1. The fourth-order valence-electron chi connectivity index (χ4n) is 2.35. The van der Waals surface area contributed by atoms with Crippen molar-refractivity contribution in [1.82, 2.24) is 19.7 Å². The molecule has 0 radical (unpaired) electrons. The Morgan fingerprint density at radius 2 is 2.26 bits per heavy atom. The van der Waals surface area contributed by atoms with Gasteiger partial charge in [0.05, 0.1) is 25.4 Å². The molecule has 0 saturated heterocycles. The average Bonchev–Trinajstić information content (AvgIpc) is 2.99. The SMILES string of the molecule is C#CCNC(=O)c1nc(-c2ccccc2OC)c2cnccn12. The number of ether oxygens (including phenoxy) is 1. The minimum absolute atomic E-state index is 0.142. The summed E-state index contributed by atoms with van der Waals surface area (Å²) in [7, 11) is 1.59. The largest absolute Gasteiger partial charge is 0.496 e. The lowest BCUT2D eigenvalue weighted by molar-refractivity contribution is 0.0948. The third-order valence-corrected chi connectivity index (χ3v) is 3.36. The van der Waals surface area contributed by atoms with Crippen LogP contribution in [0.1, 0.15) is 10.6 Å². The number of methoxy groups -OCH3 is 1. The Morgan fingerprint density at radius 3 is 3.04 bits per heavy atom. The number of terminal acetylenes is 1. The number of hydrogen-bond donors (Lipinski definition) is 1. The van der Waals surface area contributed by atoms with E-state index in [1.165, 1.54) is 0 Å². The Labute approximate surface area is 133 Å². The second-order valence-electron chi connectivity index (χ2n) is 4.70. The highest BCUT2D eigenvalue weighted by molar-refractivity contribution is 5.95. The van der Waals surface area contributed by atoms with Crippen molar-refractivity contribution in [2.24, 2.45) is 0 Å². The van der Waals surface area contributed by atoms with E-state index in [1.807, 2.05) is 24.3 Å². The second kappa shape index (κ2) is 6.20. The average molecular weight is 306 g/mol. The van der Waals surface area contributed by atoms with Gasteiger partial charge in [0, 0.05) is 18.0 Å². The van der Waals surface area contributed by atoms with Gasteiger partial charge in [-0.2, -0.15) is 0 Å². The standard InChI is InChI=1S/C17H14N4O2/c1-3-8-19-17(22)16-20-15(13-11-18-9-10-21(13)16)12-6-4-5-7-14(12)23-2/h1,4-7,9-11H,8H2,2H3,(H,19,22). The Hall–Kier alpha value is -3.33. The van der Waals surface area contributed by atoms with Gasteiger partial charge in [0.1, 0.15) is 11.4 Å². The van der Waals surface area contributed by atoms with Crippen molar-refractivity contribution in [3.63, 3.8) is 0 Å². The van der Waals surface area contributed by atoms with Gasteiger partial charge >= 0.3 is 0 Å². The third kappa shape index (κ3) is 2.60. The highest BCUT2D eigenvalue weighted by Crippen LogP contribution is 2.32. The first-order valence-electron chi connectivity index (χ1n) is 6.93. The van der Waals surface area contributed by atoms with E-state index in [1.54, 1.807) is 30.1 Å². The van der Waals surface area contributed by atoms with Crippen molar-refractivity contribution < 1.29 is 9.53 Å². The predicted molar refractivity (Wildman–Crippen MR) is 86.1 cm³/mol. The molecule has 0 atom stereocenters. The number of hydrogen-bond acceptors (Lipinski definition) is 4. The summed E-state index contributed by atoms with van der Waals surface area (Å²) < 4.78 is 7.07. The molecule has 0 fully saturated rings. The molecule has 0 unspecified atom stereocenters. The van der Waals surface area contributed by atoms with Gasteiger partial charge in [0.25, 0.3) is 5.91 Å². The molecule has 23 heavy (non-hydrogen) atoms. The minimum Gasteiger partial charge on any atom is -0.496 e. The van der Waals surface area contributed by atoms with Crippen molar-refractivity contribution >= 4 is 11.4 Å². The van der Waals surface area contributed by atoms with E-state index < -0.39 is 0 Å². The fourth-order valence-corrected chi connectivity index (χ4v) is 2.35. The molecule has 1 aromatic carbocycles. The van der Waals surface area contributed by atoms with Crippen LogP contribution in [0.15, 0.2) is 42.9 Å². The molecule has 1 N–H and O–H groups in total. The van der Waals surface area contributed by atoms with E-state index in [0.717, 1.165) is 5.56 Å². The van der Waals surface area contributed by atoms with Crippen molar-refractivity contribution in [3.05, 3.63) is 48.7 Å². The van der Waals surface area contributed by atoms with Crippen LogP contribution in [-0.2, 0) is 0 Å². The highest BCUT2D eigenvalue weighted by Gasteiger charge is 2.19. The first-order chi connectivity index (χ1) is 11.3. The van der Waals surface area contributed by atoms with Crippen LogP contribution in [0.5, 0.6) is 5.75 Å². The number of carbonyl (C=O) groups is 1. The maximum Gasteiger partial charge on any atom is 0.288 e. The smallest absolute Gasteiger partial charge is 0.288 e. The predicted octanol–water partition coefficient (Wildman–Crippen LogP) is 1.77. The number of nitrogens with one attached hydrogen (secondary N) is 1. The van der Waals surface area contributed by atoms with Crippen LogP contribution in [0.2, 0.25) is 0 Å². The Kier molecular flexibility index (Phi) is 3.93. The molecular weight excluding hydrogens is 292 g/mol. The summed E-state index contributed by atoms with van der Waals surface area (Å²) in [4.78, 5) is 20.9. The zero-order chi connectivity index (χ0) is 16.2. The summed E-state index contributed by atoms with van der Waals surface area (Å²) in [5.41, 5.74) is 2.13. The topological polar surface area (TPSA) is 68.5 Å². The van der Waals surface area contributed by atoms with Crippen LogP contribution >= 0.6 is 0 Å². The number of nitrogens with zero attached hydrogens (tertiary/aromatic N) is 3. The number of imidazole rings is 1. The molecule has 0 aliphatic carbocycles. The van der Waals surface area contributed by atoms with Crippen LogP contribution in [0.25, 0.3) is 16.8 Å². The molecule has 0 aliphatic rings. The molecule has 1 amide bonds. The number of rotatable bonds is 4. The summed E-state index contributed by atoms with van der Waals surface area (Å²) in [5.74, 6) is 2.95. The lowest BCUT2D eigenvalue weighted by Crippen LogP contribution is -2.25. The summed E-state index contributed by atoms with van der Waals surface area (Å²) in [5, 5.41) is 2.62. The summed E-state index contributed by atoms with van der Waals surface area (Å²) >= 11 is 0. The van der Waals surface area contributed by atoms with Gasteiger partial charge in [-0.05, 0) is 12.1 Å². The number of benzene rings is 1. The van der Waals surface area contributed by atoms with E-state index in [4.69, 9.17) is 11.2 Å². The molecule has 6 heteroatoms. The number of aromatic nitrogens is 3. The normalized spacial score (nSPS) is 10.3. The Balaban J connectivity index is 2.19. The van der Waals surface area contributed by atoms with Crippen LogP contribution in [-0.4, -0.2) is 33.9 Å². The van der Waals surface area contributed by atoms with Crippen molar-refractivity contribution in [1.29, 1.82) is 0 Å². The van der Waals surface area contributed by atoms with Crippen LogP contribution in [0.4, 0.5) is 0 Å². The third-order valence-electron chi connectivity index (χ3n) is 3.36. The summed E-state index contributed by atoms with van der Waals surface area (Å²) in [6.45, 7) is 0.142. The lowest BCUT2D eigenvalue weighted by atomic mass is 10.1. The molecule has 0 aliphatic heterocycles. The molecule has 0 bridgehead atoms. The zero-order valence-electron chi connectivity index (χ0n) is 12.5. The van der Waals surface area contributed by atoms with Crippen molar-refractivity contribution in [2.45, 2.75) is 0 Å². The maximum absolute atomic E-state index is 12.3. The Bertz CT molecular complexity index is 908. The van der Waals surface area contributed by atoms with Crippen molar-refractivity contribution in [3.8, 4) is 29.4 Å². The molecule has 3 aromatic rings. The first kappa shape index (κ1) is 14.6. The Morgan fingerprint density at radius 1 is 1.43 bits per heavy atom. The zero-order valence-corrected chi connectivity index (χ0v) is 12.5. The van der Waals surface area contributed by atoms with Crippen LogP contribution < -0.4 is 10.1 Å². The van der Waals surface area contributed by atoms with Gasteiger partial charge in [0.15, 0.2) is 0 Å². The second-order valence-corrected chi connectivity index (χ2v) is 4.70. The van der Waals surface area contributed by atoms with Crippen LogP contribution in [0.3, 0.4) is 0 Å². The van der Waals surface area contributed by atoms with Gasteiger partial charge in [-0.1, -0.05) is 18.1 Å². The monoisotopic (exact) mass is 306 g/mol. The highest BCUT2D eigenvalue weighted by atomic mass is 16.5. The van der Waals surface area contributed by atoms with E-state index >= 15 is 0 Å². The molecule has 0 saturated carbocycles. The molecule has 0 spiro atoms. The van der Waals surface area contributed by atoms with Crippen molar-refractivity contribution in [2.75, 3.05) is 13.7 Å². The number of para-hydroxylation sites is 1. The van der Waals surface area contributed by atoms with Gasteiger partial charge < -0.3 is 10.1 Å². The van der Waals surface area contributed by atoms with E-state index in [2.05, 4.69) is 21.2 Å². The first-order valence-corrected chi connectivity index (χ1v) is 6.93. The molecule has 2 aromatic heterocycles. The summed E-state index contributed by atoms with van der Waals surface area (Å²) in [6, 6.07) is 7.49. The molecule has 114 valence electrons. The van der Waals surface area contributed by atoms with E-state index in [0.29, 0.717) is 17.0 Å². The number of carbonyl (C=O) groups excluding carboxylic acids is 1. The van der Waals surface area contributed by atoms with E-state index in [-0.39, 0.29) is 18.3 Å². The quantitative estimate of drug-likeness (QED) is 0.746. The minimum atomic E-state index is -0.342. The molecular formula is C17H14N4O2. The maximum atomic E-state index is 12.3. The van der Waals surface area contributed by atoms with Gasteiger partial charge in [-0.15, -0.1) is 6.42 Å². The van der Waals surface area contributed by atoms with Gasteiger partial charge in [0.2, 0.25) is 5.82 Å². The van der Waals surface area contributed by atoms with Gasteiger partial charge in [-0.25, -0.2) is 4.98 Å². The molecule has 6 nitrogen and oxygen atoms in total. The van der Waals surface area contributed by atoms with Crippen LogP contribution in [0, 0.1) is 12.3 Å². The van der Waals surface area contributed by atoms with Gasteiger partial charge in [-0.3, -0.25) is 14.2 Å². The fraction of sp³-hybridized carbons (Fsp3) is 0.118.